The predicted octanol–water partition coefficient (Wildman–Crippen LogP) is 4.71. The van der Waals surface area contributed by atoms with Crippen molar-refractivity contribution in [2.45, 2.75) is 36.7 Å². The molecule has 11 heteroatoms. The maximum absolute atomic E-state index is 13.6. The van der Waals surface area contributed by atoms with Crippen LogP contribution in [0, 0.1) is 5.82 Å². The number of carbonyl (C=O) groups excluding carboxylic acids is 1. The Bertz CT molecular complexity index is 1610. The number of carbonyl (C=O) groups is 1. The molecule has 1 aliphatic heterocycles. The van der Waals surface area contributed by atoms with Gasteiger partial charge >= 0.3 is 0 Å². The first-order valence-corrected chi connectivity index (χ1v) is 14.1. The third kappa shape index (κ3) is 6.74. The molecule has 0 unspecified atom stereocenters. The second-order valence-electron chi connectivity index (χ2n) is 9.38. The van der Waals surface area contributed by atoms with Crippen LogP contribution >= 0.6 is 11.8 Å². The highest BCUT2D eigenvalue weighted by atomic mass is 32.2. The molecule has 0 radical (unpaired) electrons. The number of thioether (sulfide) groups is 1. The summed E-state index contributed by atoms with van der Waals surface area (Å²) in [7, 11) is 3.17. The van der Waals surface area contributed by atoms with Crippen LogP contribution in [-0.2, 0) is 23.5 Å². The number of aromatic nitrogens is 2. The minimum atomic E-state index is -0.308. The summed E-state index contributed by atoms with van der Waals surface area (Å²) in [5.41, 5.74) is 2.20. The van der Waals surface area contributed by atoms with Gasteiger partial charge in [0.25, 0.3) is 5.56 Å². The van der Waals surface area contributed by atoms with Crippen LogP contribution < -0.4 is 29.8 Å². The summed E-state index contributed by atoms with van der Waals surface area (Å²) in [5, 5.41) is 3.87. The van der Waals surface area contributed by atoms with E-state index in [2.05, 4.69) is 5.32 Å². The number of methoxy groups -OCH3 is 2. The molecule has 1 aromatic heterocycles. The topological polar surface area (TPSA) is 101 Å². The largest absolute Gasteiger partial charge is 0.493 e. The van der Waals surface area contributed by atoms with Crippen molar-refractivity contribution >= 4 is 28.6 Å². The van der Waals surface area contributed by atoms with E-state index in [9.17, 15) is 14.0 Å². The molecular weight excluding hydrogens is 549 g/mol. The van der Waals surface area contributed by atoms with E-state index in [0.717, 1.165) is 11.1 Å². The zero-order valence-electron chi connectivity index (χ0n) is 22.8. The third-order valence-corrected chi connectivity index (χ3v) is 7.71. The van der Waals surface area contributed by atoms with E-state index in [1.807, 2.05) is 18.2 Å². The number of rotatable bonds is 12. The monoisotopic (exact) mass is 579 g/mol. The van der Waals surface area contributed by atoms with Crippen molar-refractivity contribution < 1.29 is 28.1 Å². The van der Waals surface area contributed by atoms with Crippen molar-refractivity contribution in [3.05, 3.63) is 81.9 Å². The van der Waals surface area contributed by atoms with Crippen LogP contribution in [0.1, 0.15) is 24.0 Å². The van der Waals surface area contributed by atoms with E-state index < -0.39 is 0 Å². The third-order valence-electron chi connectivity index (χ3n) is 6.66. The van der Waals surface area contributed by atoms with Crippen molar-refractivity contribution in [3.8, 4) is 23.0 Å². The Hall–Kier alpha value is -4.25. The lowest BCUT2D eigenvalue weighted by atomic mass is 10.1. The smallest absolute Gasteiger partial charge is 0.262 e. The number of benzene rings is 3. The summed E-state index contributed by atoms with van der Waals surface area (Å²) >= 11 is 1.38. The second-order valence-corrected chi connectivity index (χ2v) is 10.3. The van der Waals surface area contributed by atoms with Crippen LogP contribution in [-0.4, -0.2) is 43.0 Å². The summed E-state index contributed by atoms with van der Waals surface area (Å²) in [6.45, 7) is 0.871. The Morgan fingerprint density at radius 3 is 2.51 bits per heavy atom. The quantitative estimate of drug-likeness (QED) is 0.190. The average Bonchev–Trinajstić information content (AvgIpc) is 3.44. The van der Waals surface area contributed by atoms with Gasteiger partial charge < -0.3 is 24.3 Å². The minimum Gasteiger partial charge on any atom is -0.493 e. The Balaban J connectivity index is 1.24. The number of hydrogen-bond acceptors (Lipinski definition) is 8. The first kappa shape index (κ1) is 28.3. The Labute approximate surface area is 240 Å². The van der Waals surface area contributed by atoms with E-state index in [1.54, 1.807) is 43.1 Å². The predicted molar refractivity (Wildman–Crippen MR) is 154 cm³/mol. The zero-order chi connectivity index (χ0) is 28.8. The summed E-state index contributed by atoms with van der Waals surface area (Å²) in [5.74, 6) is 2.43. The maximum Gasteiger partial charge on any atom is 0.262 e. The molecule has 1 N–H and O–H groups in total. The van der Waals surface area contributed by atoms with E-state index in [0.29, 0.717) is 70.7 Å². The minimum absolute atomic E-state index is 0.0904. The summed E-state index contributed by atoms with van der Waals surface area (Å²) in [4.78, 5) is 30.9. The van der Waals surface area contributed by atoms with Gasteiger partial charge in [0, 0.05) is 31.3 Å². The number of fused-ring (bicyclic) bond motifs is 2. The van der Waals surface area contributed by atoms with E-state index >= 15 is 0 Å². The standard InChI is InChI=1S/C30H30FN3O6S/c1-37-24-10-7-19(14-25(24)38-2)11-12-32-28(35)4-3-13-34-29(36)22-15-26-27(40-18-39-26)16-23(22)33-30(34)41-17-20-5-8-21(31)9-6-20/h5-10,14-16H,3-4,11-13,17-18H2,1-2H3,(H,32,35). The van der Waals surface area contributed by atoms with Gasteiger partial charge in [0.05, 0.1) is 25.1 Å². The van der Waals surface area contributed by atoms with Crippen molar-refractivity contribution in [1.82, 2.24) is 14.9 Å². The molecular formula is C30H30FN3O6S. The molecule has 1 aliphatic rings. The molecule has 0 saturated heterocycles. The molecule has 41 heavy (non-hydrogen) atoms. The van der Waals surface area contributed by atoms with Crippen molar-refractivity contribution in [2.24, 2.45) is 0 Å². The number of nitrogens with one attached hydrogen (secondary N) is 1. The van der Waals surface area contributed by atoms with E-state index in [1.165, 1.54) is 23.9 Å². The Morgan fingerprint density at radius 1 is 1.02 bits per heavy atom. The van der Waals surface area contributed by atoms with Crippen LogP contribution in [0.3, 0.4) is 0 Å². The number of nitrogens with zero attached hydrogens (tertiary/aromatic N) is 2. The Morgan fingerprint density at radius 2 is 1.76 bits per heavy atom. The molecule has 9 nitrogen and oxygen atoms in total. The first-order valence-electron chi connectivity index (χ1n) is 13.1. The van der Waals surface area contributed by atoms with Gasteiger partial charge in [-0.2, -0.15) is 0 Å². The molecule has 214 valence electrons. The summed E-state index contributed by atoms with van der Waals surface area (Å²) < 4.78 is 36.5. The number of ether oxygens (including phenoxy) is 4. The zero-order valence-corrected chi connectivity index (χ0v) is 23.6. The van der Waals surface area contributed by atoms with E-state index in [-0.39, 0.29) is 30.5 Å². The van der Waals surface area contributed by atoms with Crippen molar-refractivity contribution in [2.75, 3.05) is 27.6 Å². The van der Waals surface area contributed by atoms with Crippen LogP contribution in [0.15, 0.2) is 64.5 Å². The van der Waals surface area contributed by atoms with Crippen LogP contribution in [0.4, 0.5) is 4.39 Å². The van der Waals surface area contributed by atoms with Crippen molar-refractivity contribution in [3.63, 3.8) is 0 Å². The lowest BCUT2D eigenvalue weighted by Gasteiger charge is -2.14. The van der Waals surface area contributed by atoms with Gasteiger partial charge in [0.15, 0.2) is 28.2 Å². The summed E-state index contributed by atoms with van der Waals surface area (Å²) in [6.07, 6.45) is 1.34. The highest BCUT2D eigenvalue weighted by Crippen LogP contribution is 2.35. The maximum atomic E-state index is 13.6. The second kappa shape index (κ2) is 12.9. The molecule has 0 saturated carbocycles. The SMILES string of the molecule is COc1ccc(CCNC(=O)CCCn2c(SCc3ccc(F)cc3)nc3cc4c(cc3c2=O)OCO4)cc1OC. The van der Waals surface area contributed by atoms with Crippen LogP contribution in [0.2, 0.25) is 0 Å². The van der Waals surface area contributed by atoms with E-state index in [4.69, 9.17) is 23.9 Å². The average molecular weight is 580 g/mol. The normalized spacial score (nSPS) is 12.0. The highest BCUT2D eigenvalue weighted by Gasteiger charge is 2.19. The molecule has 0 spiro atoms. The number of hydrogen-bond donors (Lipinski definition) is 1. The fraction of sp³-hybridized carbons (Fsp3) is 0.300. The lowest BCUT2D eigenvalue weighted by molar-refractivity contribution is -0.121. The molecule has 0 aliphatic carbocycles. The number of amides is 1. The van der Waals surface area contributed by atoms with Gasteiger partial charge in [-0.25, -0.2) is 9.37 Å². The molecule has 2 heterocycles. The van der Waals surface area contributed by atoms with Crippen LogP contribution in [0.5, 0.6) is 23.0 Å². The molecule has 0 atom stereocenters. The van der Waals surface area contributed by atoms with Gasteiger partial charge in [-0.3, -0.25) is 14.2 Å². The first-order chi connectivity index (χ1) is 19.9. The highest BCUT2D eigenvalue weighted by molar-refractivity contribution is 7.98. The Kier molecular flexibility index (Phi) is 8.93. The molecule has 0 fully saturated rings. The molecule has 3 aromatic carbocycles. The fourth-order valence-electron chi connectivity index (χ4n) is 4.50. The lowest BCUT2D eigenvalue weighted by Crippen LogP contribution is -2.27. The van der Waals surface area contributed by atoms with Gasteiger partial charge in [-0.15, -0.1) is 0 Å². The van der Waals surface area contributed by atoms with Gasteiger partial charge in [0.1, 0.15) is 5.82 Å². The molecule has 0 bridgehead atoms. The van der Waals surface area contributed by atoms with Crippen molar-refractivity contribution in [1.29, 1.82) is 0 Å². The molecule has 1 amide bonds. The summed E-state index contributed by atoms with van der Waals surface area (Å²) in [6, 6.07) is 15.2. The fourth-order valence-corrected chi connectivity index (χ4v) is 5.48. The van der Waals surface area contributed by atoms with Gasteiger partial charge in [-0.05, 0) is 54.3 Å². The molecule has 5 rings (SSSR count). The molecule has 4 aromatic rings. The van der Waals surface area contributed by atoms with Gasteiger partial charge in [-0.1, -0.05) is 30.0 Å². The van der Waals surface area contributed by atoms with Crippen LogP contribution in [0.25, 0.3) is 10.9 Å². The number of halogens is 1. The van der Waals surface area contributed by atoms with Gasteiger partial charge in [0.2, 0.25) is 12.7 Å².